The fraction of sp³-hybridized carbons (Fsp3) is 0.0588. The predicted molar refractivity (Wildman–Crippen MR) is 97.1 cm³/mol. The SMILES string of the molecule is O=C(Nc1ccc(Cl)c(Cl)c1)NC1C=C(O)C(=O)Nc2ccccc21. The van der Waals surface area contributed by atoms with Gasteiger partial charge >= 0.3 is 6.03 Å². The first kappa shape index (κ1) is 17.1. The molecule has 0 radical (unpaired) electrons. The fourth-order valence-electron chi connectivity index (χ4n) is 2.39. The summed E-state index contributed by atoms with van der Waals surface area (Å²) in [7, 11) is 0. The molecule has 0 aromatic heterocycles. The molecule has 8 heteroatoms. The third-order valence-electron chi connectivity index (χ3n) is 3.57. The van der Waals surface area contributed by atoms with E-state index in [2.05, 4.69) is 16.0 Å². The van der Waals surface area contributed by atoms with Crippen molar-refractivity contribution in [3.63, 3.8) is 0 Å². The van der Waals surface area contributed by atoms with E-state index in [1.54, 1.807) is 36.4 Å². The maximum Gasteiger partial charge on any atom is 0.319 e. The van der Waals surface area contributed by atoms with Gasteiger partial charge in [-0.15, -0.1) is 0 Å². The Morgan fingerprint density at radius 3 is 2.64 bits per heavy atom. The topological polar surface area (TPSA) is 90.5 Å². The van der Waals surface area contributed by atoms with Crippen molar-refractivity contribution in [2.45, 2.75) is 6.04 Å². The molecular weight excluding hydrogens is 365 g/mol. The van der Waals surface area contributed by atoms with Gasteiger partial charge in [-0.25, -0.2) is 4.79 Å². The Kier molecular flexibility index (Phi) is 4.83. The van der Waals surface area contributed by atoms with E-state index in [1.165, 1.54) is 12.1 Å². The van der Waals surface area contributed by atoms with E-state index in [9.17, 15) is 14.7 Å². The number of nitrogens with one attached hydrogen (secondary N) is 3. The van der Waals surface area contributed by atoms with E-state index in [1.807, 2.05) is 0 Å². The number of carbonyl (C=O) groups excluding carboxylic acids is 2. The highest BCUT2D eigenvalue weighted by atomic mass is 35.5. The number of hydrogen-bond donors (Lipinski definition) is 4. The van der Waals surface area contributed by atoms with Gasteiger partial charge in [0.2, 0.25) is 0 Å². The first-order valence-electron chi connectivity index (χ1n) is 7.27. The van der Waals surface area contributed by atoms with Gasteiger partial charge in [0.1, 0.15) is 0 Å². The number of rotatable bonds is 2. The number of hydrogen-bond acceptors (Lipinski definition) is 3. The molecule has 0 saturated carbocycles. The second-order valence-electron chi connectivity index (χ2n) is 5.30. The Bertz CT molecular complexity index is 883. The third-order valence-corrected chi connectivity index (χ3v) is 4.30. The molecule has 0 fully saturated rings. The quantitative estimate of drug-likeness (QED) is 0.630. The summed E-state index contributed by atoms with van der Waals surface area (Å²) in [6.07, 6.45) is 1.27. The highest BCUT2D eigenvalue weighted by Crippen LogP contribution is 2.28. The van der Waals surface area contributed by atoms with Crippen LogP contribution in [0.4, 0.5) is 16.2 Å². The van der Waals surface area contributed by atoms with Crippen LogP contribution >= 0.6 is 23.2 Å². The van der Waals surface area contributed by atoms with Gasteiger partial charge in [-0.2, -0.15) is 0 Å². The number of urea groups is 1. The number of carbonyl (C=O) groups is 2. The number of aliphatic hydroxyl groups excluding tert-OH is 1. The van der Waals surface area contributed by atoms with Crippen LogP contribution in [0.15, 0.2) is 54.3 Å². The first-order chi connectivity index (χ1) is 11.9. The summed E-state index contributed by atoms with van der Waals surface area (Å²) in [6, 6.07) is 10.4. The van der Waals surface area contributed by atoms with E-state index >= 15 is 0 Å². The predicted octanol–water partition coefficient (Wildman–Crippen LogP) is 4.25. The molecule has 3 amide bonds. The maximum atomic E-state index is 12.3. The van der Waals surface area contributed by atoms with Crippen LogP contribution in [0.3, 0.4) is 0 Å². The molecule has 0 saturated heterocycles. The lowest BCUT2D eigenvalue weighted by Gasteiger charge is -2.17. The van der Waals surface area contributed by atoms with E-state index in [0.717, 1.165) is 0 Å². The molecule has 3 rings (SSSR count). The molecule has 1 atom stereocenters. The van der Waals surface area contributed by atoms with Crippen LogP contribution in [0.1, 0.15) is 11.6 Å². The first-order valence-corrected chi connectivity index (χ1v) is 8.03. The monoisotopic (exact) mass is 377 g/mol. The van der Waals surface area contributed by atoms with E-state index in [-0.39, 0.29) is 0 Å². The average molecular weight is 378 g/mol. The molecule has 2 aromatic carbocycles. The van der Waals surface area contributed by atoms with Crippen LogP contribution < -0.4 is 16.0 Å². The van der Waals surface area contributed by atoms with Crippen molar-refractivity contribution in [1.29, 1.82) is 0 Å². The second-order valence-corrected chi connectivity index (χ2v) is 6.11. The van der Waals surface area contributed by atoms with Gasteiger partial charge in [-0.1, -0.05) is 41.4 Å². The summed E-state index contributed by atoms with van der Waals surface area (Å²) >= 11 is 11.8. The molecule has 1 unspecified atom stereocenters. The lowest BCUT2D eigenvalue weighted by Crippen LogP contribution is -2.31. The lowest BCUT2D eigenvalue weighted by molar-refractivity contribution is -0.115. The van der Waals surface area contributed by atoms with Gasteiger partial charge in [-0.3, -0.25) is 4.79 Å². The van der Waals surface area contributed by atoms with Gasteiger partial charge in [-0.05, 0) is 30.3 Å². The molecule has 1 aliphatic heterocycles. The normalized spacial score (nSPS) is 16.2. The summed E-state index contributed by atoms with van der Waals surface area (Å²) in [6.45, 7) is 0. The number of fused-ring (bicyclic) bond motifs is 1. The van der Waals surface area contributed by atoms with Gasteiger partial charge < -0.3 is 21.1 Å². The van der Waals surface area contributed by atoms with E-state index < -0.39 is 23.7 Å². The van der Waals surface area contributed by atoms with E-state index in [4.69, 9.17) is 23.2 Å². The molecule has 128 valence electrons. The lowest BCUT2D eigenvalue weighted by atomic mass is 10.1. The molecule has 1 heterocycles. The molecule has 0 spiro atoms. The van der Waals surface area contributed by atoms with Crippen LogP contribution in [0.5, 0.6) is 0 Å². The Morgan fingerprint density at radius 1 is 1.12 bits per heavy atom. The number of anilines is 2. The molecule has 1 aliphatic rings. The van der Waals surface area contributed by atoms with E-state index in [0.29, 0.717) is 27.0 Å². The Labute approximate surface area is 153 Å². The van der Waals surface area contributed by atoms with Gasteiger partial charge in [0.15, 0.2) is 5.76 Å². The number of aliphatic hydroxyl groups is 1. The molecule has 4 N–H and O–H groups in total. The minimum Gasteiger partial charge on any atom is -0.503 e. The van der Waals surface area contributed by atoms with Crippen molar-refractivity contribution in [1.82, 2.24) is 5.32 Å². The summed E-state index contributed by atoms with van der Waals surface area (Å²) in [4.78, 5) is 24.1. The largest absolute Gasteiger partial charge is 0.503 e. The summed E-state index contributed by atoms with van der Waals surface area (Å²) in [5, 5.41) is 18.4. The highest BCUT2D eigenvalue weighted by Gasteiger charge is 2.23. The molecular formula is C17H13Cl2N3O3. The summed E-state index contributed by atoms with van der Waals surface area (Å²) in [5.74, 6) is -1.11. The highest BCUT2D eigenvalue weighted by molar-refractivity contribution is 6.42. The standard InChI is InChI=1S/C17H13Cl2N3O3/c18-11-6-5-9(7-12(11)19)20-17(25)22-14-8-15(23)16(24)21-13-4-2-1-3-10(13)14/h1-8,14,23H,(H,21,24)(H2,20,22,25). The zero-order chi connectivity index (χ0) is 18.0. The molecule has 2 aromatic rings. The van der Waals surface area contributed by atoms with Crippen molar-refractivity contribution in [2.75, 3.05) is 10.6 Å². The van der Waals surface area contributed by atoms with Crippen molar-refractivity contribution in [3.05, 3.63) is 69.9 Å². The number of halogens is 2. The number of amides is 3. The zero-order valence-electron chi connectivity index (χ0n) is 12.7. The molecule has 0 aliphatic carbocycles. The smallest absolute Gasteiger partial charge is 0.319 e. The summed E-state index contributed by atoms with van der Waals surface area (Å²) in [5.41, 5.74) is 1.60. The fourth-order valence-corrected chi connectivity index (χ4v) is 2.69. The maximum absolute atomic E-state index is 12.3. The molecule has 25 heavy (non-hydrogen) atoms. The minimum absolute atomic E-state index is 0.312. The molecule has 0 bridgehead atoms. The van der Waals surface area contributed by atoms with Crippen molar-refractivity contribution in [3.8, 4) is 0 Å². The van der Waals surface area contributed by atoms with Crippen LogP contribution in [0.25, 0.3) is 0 Å². The Morgan fingerprint density at radius 2 is 1.88 bits per heavy atom. The minimum atomic E-state index is -0.696. The second kappa shape index (κ2) is 7.04. The average Bonchev–Trinajstić information content (AvgIpc) is 2.68. The van der Waals surface area contributed by atoms with Crippen LogP contribution in [0.2, 0.25) is 10.0 Å². The Hall–Kier alpha value is -2.70. The summed E-state index contributed by atoms with van der Waals surface area (Å²) < 4.78 is 0. The Balaban J connectivity index is 1.81. The van der Waals surface area contributed by atoms with Gasteiger partial charge in [0.05, 0.1) is 16.1 Å². The van der Waals surface area contributed by atoms with Gasteiger partial charge in [0.25, 0.3) is 5.91 Å². The van der Waals surface area contributed by atoms with Crippen LogP contribution in [0, 0.1) is 0 Å². The van der Waals surface area contributed by atoms with Gasteiger partial charge in [0, 0.05) is 16.9 Å². The zero-order valence-corrected chi connectivity index (χ0v) is 14.2. The van der Waals surface area contributed by atoms with Crippen molar-refractivity contribution >= 4 is 46.5 Å². The number of para-hydroxylation sites is 1. The van der Waals surface area contributed by atoms with Crippen molar-refractivity contribution < 1.29 is 14.7 Å². The van der Waals surface area contributed by atoms with Crippen LogP contribution in [-0.4, -0.2) is 17.0 Å². The third kappa shape index (κ3) is 3.87. The molecule has 6 nitrogen and oxygen atoms in total. The van der Waals surface area contributed by atoms with Crippen LogP contribution in [-0.2, 0) is 4.79 Å². The van der Waals surface area contributed by atoms with Crippen molar-refractivity contribution in [2.24, 2.45) is 0 Å². The number of benzene rings is 2.